The van der Waals surface area contributed by atoms with E-state index < -0.39 is 0 Å². The molecule has 0 aliphatic heterocycles. The van der Waals surface area contributed by atoms with E-state index in [4.69, 9.17) is 5.73 Å². The Balaban J connectivity index is 3.66. The highest BCUT2D eigenvalue weighted by atomic mass is 14.7. The Morgan fingerprint density at radius 3 is 2.17 bits per heavy atom. The van der Waals surface area contributed by atoms with Crippen molar-refractivity contribution in [3.05, 3.63) is 82.6 Å². The fourth-order valence-electron chi connectivity index (χ4n) is 4.40. The van der Waals surface area contributed by atoms with Crippen LogP contribution in [0, 0.1) is 17.8 Å². The summed E-state index contributed by atoms with van der Waals surface area (Å²) in [6, 6.07) is 4.73. The van der Waals surface area contributed by atoms with Crippen molar-refractivity contribution in [2.75, 3.05) is 6.54 Å². The maximum Gasteiger partial charge on any atom is 0.0412 e. The molecule has 2 heteroatoms. The van der Waals surface area contributed by atoms with Gasteiger partial charge in [0.1, 0.15) is 0 Å². The van der Waals surface area contributed by atoms with Crippen LogP contribution in [0.2, 0.25) is 0 Å². The lowest BCUT2D eigenvalue weighted by molar-refractivity contribution is 0.417. The molecule has 1 atom stereocenters. The second-order valence-corrected chi connectivity index (χ2v) is 10.9. The molecule has 2 N–H and O–H groups in total. The van der Waals surface area contributed by atoms with Crippen LogP contribution in [0.4, 0.5) is 0 Å². The molecule has 1 unspecified atom stereocenters. The molecule has 1 aromatic carbocycles. The van der Waals surface area contributed by atoms with Gasteiger partial charge in [0.05, 0.1) is 0 Å². The normalized spacial score (nSPS) is 14.2. The summed E-state index contributed by atoms with van der Waals surface area (Å²) in [5, 5.41) is 0. The van der Waals surface area contributed by atoms with Gasteiger partial charge in [-0.05, 0) is 95.4 Å². The van der Waals surface area contributed by atoms with E-state index in [2.05, 4.69) is 105 Å². The summed E-state index contributed by atoms with van der Waals surface area (Å²) in [5.41, 5.74) is 16.8. The zero-order chi connectivity index (χ0) is 27.4. The number of hydrogen-bond acceptors (Lipinski definition) is 2. The van der Waals surface area contributed by atoms with Gasteiger partial charge >= 0.3 is 0 Å². The van der Waals surface area contributed by atoms with Crippen LogP contribution < -0.4 is 5.73 Å². The van der Waals surface area contributed by atoms with E-state index in [0.717, 1.165) is 54.5 Å². The average molecular weight is 489 g/mol. The number of aryl methyl sites for hydroxylation is 1. The molecule has 2 nitrogen and oxygen atoms in total. The summed E-state index contributed by atoms with van der Waals surface area (Å²) in [6.45, 7) is 29.5. The first-order chi connectivity index (χ1) is 17.0. The highest BCUT2D eigenvalue weighted by Crippen LogP contribution is 2.32. The van der Waals surface area contributed by atoms with E-state index in [9.17, 15) is 0 Å². The van der Waals surface area contributed by atoms with Gasteiger partial charge < -0.3 is 5.73 Å². The van der Waals surface area contributed by atoms with Crippen molar-refractivity contribution in [1.82, 2.24) is 0 Å². The third-order valence-electron chi connectivity index (χ3n) is 6.96. The fraction of sp³-hybridized carbons (Fsp3) is 0.500. The van der Waals surface area contributed by atoms with Gasteiger partial charge in [-0.15, -0.1) is 0 Å². The third kappa shape index (κ3) is 9.12. The summed E-state index contributed by atoms with van der Waals surface area (Å²) in [7, 11) is 0. The van der Waals surface area contributed by atoms with Crippen LogP contribution in [0.3, 0.4) is 0 Å². The van der Waals surface area contributed by atoms with Gasteiger partial charge in [0, 0.05) is 24.5 Å². The van der Waals surface area contributed by atoms with Gasteiger partial charge in [0.25, 0.3) is 0 Å². The summed E-state index contributed by atoms with van der Waals surface area (Å²) >= 11 is 0. The van der Waals surface area contributed by atoms with Gasteiger partial charge in [-0.1, -0.05) is 92.3 Å². The molecule has 198 valence electrons. The standard InChI is InChI=1S/C34H52N2/c1-12-15-25(8)32(14-3)27(10)16-28(11)33-18-29(13-2)34(19-30(33)17-26(9)24(6)7)31(20-35)22-36-21-23(4)5/h14,16,18-20,22-24,26H,8,10,12-13,15,17,21,35H2,1-7,9,11H3/b28-16+,31-20?,32-14-,36-22?. The van der Waals surface area contributed by atoms with E-state index in [1.54, 1.807) is 6.20 Å². The minimum Gasteiger partial charge on any atom is -0.404 e. The van der Waals surface area contributed by atoms with Crippen molar-refractivity contribution in [3.8, 4) is 0 Å². The first-order valence-electron chi connectivity index (χ1n) is 13.8. The molecule has 0 spiro atoms. The van der Waals surface area contributed by atoms with Gasteiger partial charge in [-0.2, -0.15) is 0 Å². The minimum atomic E-state index is 0.520. The SMILES string of the molecule is C=C(/C=C(\C)c1cc(CC)c(C(C=NCC(C)C)=CN)cc1CC(C)C(C)C)/C(=C\C)C(=C)CCC. The molecule has 0 bridgehead atoms. The van der Waals surface area contributed by atoms with Crippen molar-refractivity contribution < 1.29 is 0 Å². The Morgan fingerprint density at radius 1 is 1.03 bits per heavy atom. The number of aliphatic imine (C=N–C) groups is 1. The lowest BCUT2D eigenvalue weighted by Crippen LogP contribution is -2.10. The van der Waals surface area contributed by atoms with Crippen LogP contribution in [0.25, 0.3) is 11.1 Å². The van der Waals surface area contributed by atoms with Gasteiger partial charge in [0.2, 0.25) is 0 Å². The van der Waals surface area contributed by atoms with E-state index in [-0.39, 0.29) is 0 Å². The van der Waals surface area contributed by atoms with E-state index in [1.807, 2.05) is 6.21 Å². The number of rotatable bonds is 14. The zero-order valence-electron chi connectivity index (χ0n) is 24.7. The van der Waals surface area contributed by atoms with Crippen LogP contribution >= 0.6 is 0 Å². The predicted molar refractivity (Wildman–Crippen MR) is 164 cm³/mol. The van der Waals surface area contributed by atoms with Crippen LogP contribution in [0.1, 0.15) is 97.4 Å². The average Bonchev–Trinajstić information content (AvgIpc) is 2.81. The molecule has 1 rings (SSSR count). The highest BCUT2D eigenvalue weighted by Gasteiger charge is 2.17. The molecule has 0 aromatic heterocycles. The molecule has 0 heterocycles. The summed E-state index contributed by atoms with van der Waals surface area (Å²) in [4.78, 5) is 4.66. The Hall–Kier alpha value is -2.61. The molecule has 36 heavy (non-hydrogen) atoms. The topological polar surface area (TPSA) is 38.4 Å². The van der Waals surface area contributed by atoms with E-state index in [1.165, 1.54) is 27.8 Å². The Bertz CT molecular complexity index is 1010. The lowest BCUT2D eigenvalue weighted by atomic mass is 9.83. The molecule has 0 saturated carbocycles. The van der Waals surface area contributed by atoms with Crippen molar-refractivity contribution in [2.45, 2.75) is 88.0 Å². The second-order valence-electron chi connectivity index (χ2n) is 10.9. The third-order valence-corrected chi connectivity index (χ3v) is 6.96. The van der Waals surface area contributed by atoms with Gasteiger partial charge in [0.15, 0.2) is 0 Å². The number of hydrogen-bond donors (Lipinski definition) is 1. The van der Waals surface area contributed by atoms with Crippen molar-refractivity contribution in [3.63, 3.8) is 0 Å². The lowest BCUT2D eigenvalue weighted by Gasteiger charge is -2.22. The first-order valence-corrected chi connectivity index (χ1v) is 13.8. The van der Waals surface area contributed by atoms with Crippen LogP contribution in [0.5, 0.6) is 0 Å². The minimum absolute atomic E-state index is 0.520. The molecule has 0 fully saturated rings. The Kier molecular flexibility index (Phi) is 13.5. The number of allylic oxidation sites excluding steroid dienone is 7. The van der Waals surface area contributed by atoms with Crippen LogP contribution in [-0.2, 0) is 12.8 Å². The number of nitrogens with zero attached hydrogens (tertiary/aromatic N) is 1. The molecule has 0 aliphatic carbocycles. The molecular formula is C34H52N2. The van der Waals surface area contributed by atoms with Gasteiger partial charge in [-0.3, -0.25) is 4.99 Å². The largest absolute Gasteiger partial charge is 0.404 e. The molecule has 1 aromatic rings. The Morgan fingerprint density at radius 2 is 1.67 bits per heavy atom. The van der Waals surface area contributed by atoms with Crippen molar-refractivity contribution in [2.24, 2.45) is 28.5 Å². The second kappa shape index (κ2) is 15.5. The number of nitrogens with two attached hydrogens (primary N) is 1. The zero-order valence-corrected chi connectivity index (χ0v) is 24.7. The first kappa shape index (κ1) is 31.4. The number of benzene rings is 1. The van der Waals surface area contributed by atoms with Crippen molar-refractivity contribution in [1.29, 1.82) is 0 Å². The van der Waals surface area contributed by atoms with Crippen LogP contribution in [0.15, 0.2) is 65.4 Å². The smallest absolute Gasteiger partial charge is 0.0412 e. The molecular weight excluding hydrogens is 436 g/mol. The summed E-state index contributed by atoms with van der Waals surface area (Å²) in [6.07, 6.45) is 12.0. The van der Waals surface area contributed by atoms with E-state index >= 15 is 0 Å². The summed E-state index contributed by atoms with van der Waals surface area (Å²) < 4.78 is 0. The van der Waals surface area contributed by atoms with Crippen LogP contribution in [-0.4, -0.2) is 12.8 Å². The predicted octanol–water partition coefficient (Wildman–Crippen LogP) is 9.37. The maximum absolute atomic E-state index is 6.12. The molecule has 0 saturated heterocycles. The monoisotopic (exact) mass is 488 g/mol. The fourth-order valence-corrected chi connectivity index (χ4v) is 4.40. The quantitative estimate of drug-likeness (QED) is 0.205. The molecule has 0 amide bonds. The molecule has 0 radical (unpaired) electrons. The highest BCUT2D eigenvalue weighted by molar-refractivity contribution is 6.10. The Labute approximate surface area is 222 Å². The summed E-state index contributed by atoms with van der Waals surface area (Å²) in [5.74, 6) is 1.69. The van der Waals surface area contributed by atoms with Crippen molar-refractivity contribution >= 4 is 17.4 Å². The van der Waals surface area contributed by atoms with Gasteiger partial charge in [-0.25, -0.2) is 0 Å². The molecule has 0 aliphatic rings. The maximum atomic E-state index is 6.12. The van der Waals surface area contributed by atoms with E-state index in [0.29, 0.717) is 17.8 Å².